The van der Waals surface area contributed by atoms with E-state index in [1.165, 1.54) is 11.8 Å². The molecule has 118 valence electrons. The molecule has 0 aromatic heterocycles. The molecule has 0 bridgehead atoms. The monoisotopic (exact) mass is 335 g/mol. The summed E-state index contributed by atoms with van der Waals surface area (Å²) in [4.78, 5) is 31.0. The van der Waals surface area contributed by atoms with Crippen molar-refractivity contribution in [2.45, 2.75) is 4.75 Å². The first-order valence-electron chi connectivity index (χ1n) is 7.46. The number of hydrogen-bond donors (Lipinski definition) is 0. The summed E-state index contributed by atoms with van der Waals surface area (Å²) in [7, 11) is 1.59. The second-order valence-corrected chi connectivity index (χ2v) is 6.74. The van der Waals surface area contributed by atoms with Crippen LogP contribution in [0.1, 0.15) is 15.9 Å². The molecule has 2 aliphatic heterocycles. The number of fused-ring (bicyclic) bond motifs is 1. The van der Waals surface area contributed by atoms with Gasteiger partial charge >= 0.3 is 5.97 Å². The normalized spacial score (nSPS) is 24.0. The fourth-order valence-corrected chi connectivity index (χ4v) is 4.28. The van der Waals surface area contributed by atoms with Gasteiger partial charge in [0, 0.05) is 12.0 Å². The third-order valence-corrected chi connectivity index (χ3v) is 5.57. The number of nitrogens with zero attached hydrogens (tertiary/aromatic N) is 1. The van der Waals surface area contributed by atoms with E-state index in [9.17, 15) is 9.59 Å². The number of rotatable bonds is 1. The molecule has 24 heavy (non-hydrogen) atoms. The molecule has 1 atom stereocenters. The molecule has 5 heteroatoms. The molecule has 2 heterocycles. The number of ether oxygens (including phenoxy) is 1. The lowest BCUT2D eigenvalue weighted by Crippen LogP contribution is -2.53. The Balaban J connectivity index is 1.84. The first-order valence-corrected chi connectivity index (χ1v) is 8.28. The smallest absolute Gasteiger partial charge is 0.342 e. The van der Waals surface area contributed by atoms with Crippen LogP contribution in [0.15, 0.2) is 65.7 Å². The summed E-state index contributed by atoms with van der Waals surface area (Å²) in [5.41, 5.74) is 1.78. The minimum absolute atomic E-state index is 0.276. The standard InChI is InChI=1S/C19H13NO3S/c1-20-16-11-15(12-7-3-2-4-8-12)24-19(16)17(21)13-9-5-6-10-14(13)23-18(19)22/h2-11H,1H3. The van der Waals surface area contributed by atoms with Crippen molar-refractivity contribution < 1.29 is 14.3 Å². The van der Waals surface area contributed by atoms with Gasteiger partial charge in [-0.3, -0.25) is 9.79 Å². The summed E-state index contributed by atoms with van der Waals surface area (Å²) in [5.74, 6) is -0.552. The predicted molar refractivity (Wildman–Crippen MR) is 94.5 cm³/mol. The lowest BCUT2D eigenvalue weighted by molar-refractivity contribution is -0.134. The molecule has 0 fully saturated rings. The first-order chi connectivity index (χ1) is 11.7. The maximum absolute atomic E-state index is 13.2. The van der Waals surface area contributed by atoms with Gasteiger partial charge in [0.1, 0.15) is 5.75 Å². The van der Waals surface area contributed by atoms with Gasteiger partial charge in [-0.2, -0.15) is 0 Å². The second-order valence-electron chi connectivity index (χ2n) is 5.48. The van der Waals surface area contributed by atoms with Crippen molar-refractivity contribution in [2.24, 2.45) is 4.99 Å². The maximum Gasteiger partial charge on any atom is 0.342 e. The van der Waals surface area contributed by atoms with Crippen molar-refractivity contribution in [1.29, 1.82) is 0 Å². The van der Waals surface area contributed by atoms with Crippen LogP contribution in [-0.4, -0.2) is 29.3 Å². The molecule has 1 spiro atoms. The summed E-state index contributed by atoms with van der Waals surface area (Å²) in [6, 6.07) is 16.5. The van der Waals surface area contributed by atoms with Crippen molar-refractivity contribution in [2.75, 3.05) is 7.05 Å². The quantitative estimate of drug-likeness (QED) is 0.455. The molecular weight excluding hydrogens is 322 g/mol. The topological polar surface area (TPSA) is 55.7 Å². The van der Waals surface area contributed by atoms with Crippen molar-refractivity contribution in [3.63, 3.8) is 0 Å². The fraction of sp³-hybridized carbons (Fsp3) is 0.105. The van der Waals surface area contributed by atoms with Crippen LogP contribution >= 0.6 is 11.8 Å². The Labute approximate surface area is 143 Å². The number of thioether (sulfide) groups is 1. The average Bonchev–Trinajstić information content (AvgIpc) is 3.02. The van der Waals surface area contributed by atoms with Crippen molar-refractivity contribution in [3.05, 3.63) is 71.8 Å². The average molecular weight is 335 g/mol. The van der Waals surface area contributed by atoms with Crippen LogP contribution in [-0.2, 0) is 4.79 Å². The number of esters is 1. The van der Waals surface area contributed by atoms with E-state index in [1.54, 1.807) is 37.4 Å². The zero-order chi connectivity index (χ0) is 16.7. The third kappa shape index (κ3) is 1.98. The van der Waals surface area contributed by atoms with Gasteiger partial charge in [0.25, 0.3) is 0 Å². The van der Waals surface area contributed by atoms with Crippen LogP contribution in [0.4, 0.5) is 0 Å². The molecule has 4 rings (SSSR count). The van der Waals surface area contributed by atoms with Crippen LogP contribution in [0.3, 0.4) is 0 Å². The maximum atomic E-state index is 13.2. The zero-order valence-corrected chi connectivity index (χ0v) is 13.7. The van der Waals surface area contributed by atoms with Crippen LogP contribution in [0.5, 0.6) is 5.75 Å². The molecule has 2 aromatic carbocycles. The van der Waals surface area contributed by atoms with Gasteiger partial charge in [-0.15, -0.1) is 0 Å². The van der Waals surface area contributed by atoms with Crippen LogP contribution < -0.4 is 4.74 Å². The Morgan fingerprint density at radius 2 is 1.71 bits per heavy atom. The Morgan fingerprint density at radius 3 is 2.46 bits per heavy atom. The van der Waals surface area contributed by atoms with E-state index < -0.39 is 10.7 Å². The molecule has 0 radical (unpaired) electrons. The van der Waals surface area contributed by atoms with E-state index in [0.717, 1.165) is 10.5 Å². The Kier molecular flexibility index (Phi) is 3.39. The van der Waals surface area contributed by atoms with Gasteiger partial charge in [0.15, 0.2) is 0 Å². The minimum Gasteiger partial charge on any atom is -0.424 e. The molecule has 0 amide bonds. The Hall–Kier alpha value is -2.66. The molecule has 1 unspecified atom stereocenters. The lowest BCUT2D eigenvalue weighted by atomic mass is 9.89. The molecule has 0 saturated carbocycles. The van der Waals surface area contributed by atoms with E-state index in [1.807, 2.05) is 30.3 Å². The molecule has 2 aromatic rings. The highest BCUT2D eigenvalue weighted by Gasteiger charge is 2.58. The van der Waals surface area contributed by atoms with E-state index in [4.69, 9.17) is 4.74 Å². The second kappa shape index (κ2) is 5.46. The van der Waals surface area contributed by atoms with Crippen LogP contribution in [0.25, 0.3) is 4.91 Å². The number of para-hydroxylation sites is 1. The van der Waals surface area contributed by atoms with E-state index >= 15 is 0 Å². The minimum atomic E-state index is -1.45. The number of aliphatic imine (C=N–C) groups is 1. The lowest BCUT2D eigenvalue weighted by Gasteiger charge is -2.30. The number of ketones is 1. The van der Waals surface area contributed by atoms with Crippen molar-refractivity contribution >= 4 is 34.1 Å². The van der Waals surface area contributed by atoms with Crippen LogP contribution in [0, 0.1) is 0 Å². The van der Waals surface area contributed by atoms with Crippen molar-refractivity contribution in [3.8, 4) is 5.75 Å². The highest BCUT2D eigenvalue weighted by Crippen LogP contribution is 2.50. The Morgan fingerprint density at radius 1 is 1.00 bits per heavy atom. The molecule has 0 saturated heterocycles. The van der Waals surface area contributed by atoms with Gasteiger partial charge in [0.2, 0.25) is 10.5 Å². The summed E-state index contributed by atoms with van der Waals surface area (Å²) in [6.45, 7) is 0. The first kappa shape index (κ1) is 14.9. The molecule has 4 nitrogen and oxygen atoms in total. The molecule has 2 aliphatic rings. The fourth-order valence-electron chi connectivity index (χ4n) is 2.95. The largest absolute Gasteiger partial charge is 0.424 e. The third-order valence-electron chi connectivity index (χ3n) is 4.13. The van der Waals surface area contributed by atoms with E-state index in [2.05, 4.69) is 4.99 Å². The number of benzene rings is 2. The Bertz CT molecular complexity index is 917. The number of allylic oxidation sites excluding steroid dienone is 1. The van der Waals surface area contributed by atoms with E-state index in [0.29, 0.717) is 17.0 Å². The van der Waals surface area contributed by atoms with Gasteiger partial charge in [-0.05, 0) is 23.8 Å². The highest BCUT2D eigenvalue weighted by atomic mass is 32.2. The van der Waals surface area contributed by atoms with Gasteiger partial charge in [-0.1, -0.05) is 54.2 Å². The van der Waals surface area contributed by atoms with E-state index in [-0.39, 0.29) is 5.78 Å². The van der Waals surface area contributed by atoms with Gasteiger partial charge in [0.05, 0.1) is 11.3 Å². The molecular formula is C19H13NO3S. The predicted octanol–water partition coefficient (Wildman–Crippen LogP) is 3.39. The summed E-state index contributed by atoms with van der Waals surface area (Å²) < 4.78 is 4.01. The molecule has 0 aliphatic carbocycles. The number of hydrogen-bond acceptors (Lipinski definition) is 5. The van der Waals surface area contributed by atoms with Crippen LogP contribution in [0.2, 0.25) is 0 Å². The summed E-state index contributed by atoms with van der Waals surface area (Å²) in [5, 5.41) is 0. The zero-order valence-electron chi connectivity index (χ0n) is 12.9. The SMILES string of the molecule is CN=C1C=C(c2ccccc2)SC12C(=O)Oc1ccccc1C2=O. The number of carbonyl (C=O) groups excluding carboxylic acids is 2. The number of Topliss-reactive ketones (excluding diaryl/α,β-unsaturated/α-hetero) is 1. The number of carbonyl (C=O) groups is 2. The van der Waals surface area contributed by atoms with Crippen molar-refractivity contribution in [1.82, 2.24) is 0 Å². The summed E-state index contributed by atoms with van der Waals surface area (Å²) in [6.07, 6.45) is 1.80. The summed E-state index contributed by atoms with van der Waals surface area (Å²) >= 11 is 1.21. The van der Waals surface area contributed by atoms with Gasteiger partial charge in [-0.25, -0.2) is 4.79 Å². The molecule has 0 N–H and O–H groups in total. The highest BCUT2D eigenvalue weighted by molar-refractivity contribution is 8.12. The van der Waals surface area contributed by atoms with Gasteiger partial charge < -0.3 is 4.74 Å².